The predicted octanol–water partition coefficient (Wildman–Crippen LogP) is 3.57. The summed E-state index contributed by atoms with van der Waals surface area (Å²) in [5.74, 6) is 0.600. The lowest BCUT2D eigenvalue weighted by Crippen LogP contribution is -2.26. The van der Waals surface area contributed by atoms with Gasteiger partial charge < -0.3 is 14.8 Å². The van der Waals surface area contributed by atoms with Gasteiger partial charge in [0.2, 0.25) is 12.7 Å². The van der Waals surface area contributed by atoms with E-state index in [-0.39, 0.29) is 36.4 Å². The summed E-state index contributed by atoms with van der Waals surface area (Å²) >= 11 is 1.15. The molecule has 5 rings (SSSR count). The molecule has 1 aliphatic heterocycles. The van der Waals surface area contributed by atoms with Crippen LogP contribution in [0.1, 0.15) is 18.2 Å². The van der Waals surface area contributed by atoms with Crippen molar-refractivity contribution < 1.29 is 18.7 Å². The zero-order chi connectivity index (χ0) is 24.5. The van der Waals surface area contributed by atoms with Crippen LogP contribution in [0.2, 0.25) is 0 Å². The van der Waals surface area contributed by atoms with Crippen LogP contribution in [0.5, 0.6) is 11.5 Å². The first-order valence-electron chi connectivity index (χ1n) is 11.0. The molecule has 1 amide bonds. The smallest absolute Gasteiger partial charge is 0.280 e. The summed E-state index contributed by atoms with van der Waals surface area (Å²) < 4.78 is 27.2. The van der Waals surface area contributed by atoms with Crippen LogP contribution in [-0.2, 0) is 17.9 Å². The Morgan fingerprint density at radius 3 is 2.71 bits per heavy atom. The van der Waals surface area contributed by atoms with Crippen LogP contribution in [-0.4, -0.2) is 37.8 Å². The zero-order valence-corrected chi connectivity index (χ0v) is 19.9. The van der Waals surface area contributed by atoms with Crippen LogP contribution in [0.25, 0.3) is 11.0 Å². The van der Waals surface area contributed by atoms with E-state index in [0.29, 0.717) is 45.6 Å². The van der Waals surface area contributed by atoms with Crippen molar-refractivity contribution in [3.05, 3.63) is 69.9 Å². The molecule has 0 aliphatic carbocycles. The first kappa shape index (κ1) is 22.9. The number of ether oxygens (including phenoxy) is 2. The molecule has 0 unspecified atom stereocenters. The molecule has 0 radical (unpaired) electrons. The number of rotatable bonds is 7. The minimum absolute atomic E-state index is 0.0113. The second kappa shape index (κ2) is 9.41. The lowest BCUT2D eigenvalue weighted by Gasteiger charge is -2.13. The summed E-state index contributed by atoms with van der Waals surface area (Å²) in [6, 6.07) is 11.0. The monoisotopic (exact) mass is 495 g/mol. The number of amides is 1. The Hall–Kier alpha value is -3.86. The van der Waals surface area contributed by atoms with E-state index < -0.39 is 0 Å². The van der Waals surface area contributed by atoms with Gasteiger partial charge in [0.15, 0.2) is 22.2 Å². The van der Waals surface area contributed by atoms with Crippen molar-refractivity contribution in [3.8, 4) is 11.5 Å². The van der Waals surface area contributed by atoms with E-state index in [1.807, 2.05) is 19.1 Å². The summed E-state index contributed by atoms with van der Waals surface area (Å²) in [4.78, 5) is 30.9. The number of aromatic nitrogens is 4. The van der Waals surface area contributed by atoms with Gasteiger partial charge in [-0.15, -0.1) is 0 Å². The molecule has 0 bridgehead atoms. The summed E-state index contributed by atoms with van der Waals surface area (Å²) in [5.41, 5.74) is 2.65. The lowest BCUT2D eigenvalue weighted by atomic mass is 10.2. The Labute approximate surface area is 203 Å². The molecule has 9 nitrogen and oxygen atoms in total. The number of nitrogens with one attached hydrogen (secondary N) is 1. The van der Waals surface area contributed by atoms with Crippen LogP contribution in [0, 0.1) is 12.7 Å². The van der Waals surface area contributed by atoms with Crippen molar-refractivity contribution in [1.29, 1.82) is 0 Å². The molecule has 3 heterocycles. The molecule has 2 aromatic heterocycles. The number of thioether (sulfide) groups is 1. The number of fused-ring (bicyclic) bond motifs is 2. The molecule has 0 saturated heterocycles. The van der Waals surface area contributed by atoms with Gasteiger partial charge in [-0.05, 0) is 55.8 Å². The fraction of sp³-hybridized carbons (Fsp3) is 0.250. The minimum atomic E-state index is -0.384. The van der Waals surface area contributed by atoms with Gasteiger partial charge in [0.25, 0.3) is 5.56 Å². The molecule has 35 heavy (non-hydrogen) atoms. The molecule has 11 heteroatoms. The lowest BCUT2D eigenvalue weighted by molar-refractivity contribution is -0.113. The van der Waals surface area contributed by atoms with Gasteiger partial charge in [0.1, 0.15) is 11.3 Å². The van der Waals surface area contributed by atoms with Crippen LogP contribution in [0.4, 0.5) is 10.1 Å². The fourth-order valence-electron chi connectivity index (χ4n) is 3.85. The Bertz CT molecular complexity index is 1480. The largest absolute Gasteiger partial charge is 0.454 e. The molecule has 180 valence electrons. The Balaban J connectivity index is 1.47. The van der Waals surface area contributed by atoms with Crippen molar-refractivity contribution >= 4 is 34.4 Å². The minimum Gasteiger partial charge on any atom is -0.454 e. The third kappa shape index (κ3) is 4.59. The Morgan fingerprint density at radius 2 is 1.94 bits per heavy atom. The molecule has 0 spiro atoms. The fourth-order valence-corrected chi connectivity index (χ4v) is 4.64. The van der Waals surface area contributed by atoms with E-state index in [2.05, 4.69) is 10.4 Å². The maximum atomic E-state index is 13.6. The van der Waals surface area contributed by atoms with Gasteiger partial charge in [-0.3, -0.25) is 18.8 Å². The first-order valence-corrected chi connectivity index (χ1v) is 12.0. The number of benzene rings is 2. The first-order chi connectivity index (χ1) is 16.9. The van der Waals surface area contributed by atoms with Crippen LogP contribution >= 0.6 is 11.8 Å². The van der Waals surface area contributed by atoms with Gasteiger partial charge in [0, 0.05) is 12.2 Å². The van der Waals surface area contributed by atoms with Crippen LogP contribution in [0.3, 0.4) is 0 Å². The number of anilines is 1. The van der Waals surface area contributed by atoms with E-state index in [9.17, 15) is 14.0 Å². The van der Waals surface area contributed by atoms with Crippen molar-refractivity contribution in [1.82, 2.24) is 19.3 Å². The molecule has 0 saturated carbocycles. The molecular formula is C24H22FN5O4S. The highest BCUT2D eigenvalue weighted by molar-refractivity contribution is 7.99. The molecular weight excluding hydrogens is 473 g/mol. The zero-order valence-electron chi connectivity index (χ0n) is 19.1. The number of aryl methyl sites for hydroxylation is 2. The molecule has 1 aliphatic rings. The number of hydrogen-bond acceptors (Lipinski definition) is 7. The summed E-state index contributed by atoms with van der Waals surface area (Å²) in [6.07, 6.45) is 0. The van der Waals surface area contributed by atoms with Gasteiger partial charge in [0.05, 0.1) is 18.0 Å². The molecule has 2 aromatic carbocycles. The number of hydrogen-bond donors (Lipinski definition) is 1. The van der Waals surface area contributed by atoms with E-state index in [1.54, 1.807) is 22.2 Å². The molecule has 4 aromatic rings. The van der Waals surface area contributed by atoms with Gasteiger partial charge in [-0.25, -0.2) is 9.37 Å². The quantitative estimate of drug-likeness (QED) is 0.309. The molecule has 1 N–H and O–H groups in total. The van der Waals surface area contributed by atoms with Crippen molar-refractivity contribution in [2.45, 2.75) is 32.1 Å². The van der Waals surface area contributed by atoms with Crippen LogP contribution in [0.15, 0.2) is 52.4 Å². The number of halogens is 1. The van der Waals surface area contributed by atoms with E-state index in [1.165, 1.54) is 24.3 Å². The predicted molar refractivity (Wildman–Crippen MR) is 130 cm³/mol. The summed E-state index contributed by atoms with van der Waals surface area (Å²) in [6.45, 7) is 4.63. The highest BCUT2D eigenvalue weighted by Gasteiger charge is 2.20. The topological polar surface area (TPSA) is 100 Å². The Morgan fingerprint density at radius 1 is 1.17 bits per heavy atom. The average Bonchev–Trinajstić information content (AvgIpc) is 3.45. The maximum absolute atomic E-state index is 13.6. The highest BCUT2D eigenvalue weighted by atomic mass is 32.2. The van der Waals surface area contributed by atoms with Crippen molar-refractivity contribution in [2.24, 2.45) is 0 Å². The number of nitrogens with zero attached hydrogens (tertiary/aromatic N) is 4. The standard InChI is InChI=1S/C24H22FN5O4S/c1-3-30-22-21(14(2)28-30)27-24(35-12-20(31)26-17-7-5-16(25)6-8-17)29(23(22)32)11-15-4-9-18-19(10-15)34-13-33-18/h4-10H,3,11-13H2,1-2H3,(H,26,31). The van der Waals surface area contributed by atoms with E-state index in [0.717, 1.165) is 17.3 Å². The van der Waals surface area contributed by atoms with E-state index in [4.69, 9.17) is 14.5 Å². The van der Waals surface area contributed by atoms with Crippen LogP contribution < -0.4 is 20.3 Å². The molecule has 0 atom stereocenters. The third-order valence-corrected chi connectivity index (χ3v) is 6.50. The highest BCUT2D eigenvalue weighted by Crippen LogP contribution is 2.33. The normalized spacial score (nSPS) is 12.3. The van der Waals surface area contributed by atoms with E-state index >= 15 is 0 Å². The molecule has 0 fully saturated rings. The maximum Gasteiger partial charge on any atom is 0.280 e. The number of carbonyl (C=O) groups is 1. The average molecular weight is 496 g/mol. The SMILES string of the molecule is CCn1nc(C)c2nc(SCC(=O)Nc3ccc(F)cc3)n(Cc3ccc4c(c3)OCO4)c(=O)c21. The second-order valence-electron chi connectivity index (χ2n) is 7.92. The van der Waals surface area contributed by atoms with Gasteiger partial charge in [-0.1, -0.05) is 17.8 Å². The second-order valence-corrected chi connectivity index (χ2v) is 8.86. The van der Waals surface area contributed by atoms with Crippen molar-refractivity contribution in [2.75, 3.05) is 17.9 Å². The summed E-state index contributed by atoms with van der Waals surface area (Å²) in [5, 5.41) is 7.57. The van der Waals surface area contributed by atoms with Gasteiger partial charge >= 0.3 is 0 Å². The Kier molecular flexibility index (Phi) is 6.16. The van der Waals surface area contributed by atoms with Crippen molar-refractivity contribution in [3.63, 3.8) is 0 Å². The third-order valence-electron chi connectivity index (χ3n) is 5.52. The van der Waals surface area contributed by atoms with Gasteiger partial charge in [-0.2, -0.15) is 5.10 Å². The number of carbonyl (C=O) groups excluding carboxylic acids is 1. The summed E-state index contributed by atoms with van der Waals surface area (Å²) in [7, 11) is 0.